The highest BCUT2D eigenvalue weighted by molar-refractivity contribution is 5.85. The van der Waals surface area contributed by atoms with Gasteiger partial charge in [-0.3, -0.25) is 9.88 Å². The van der Waals surface area contributed by atoms with E-state index in [2.05, 4.69) is 16.8 Å². The molecule has 0 aromatic carbocycles. The third kappa shape index (κ3) is 3.63. The summed E-state index contributed by atoms with van der Waals surface area (Å²) in [5, 5.41) is 0. The van der Waals surface area contributed by atoms with Gasteiger partial charge in [0.1, 0.15) is 5.82 Å². The van der Waals surface area contributed by atoms with E-state index in [4.69, 9.17) is 5.73 Å². The lowest BCUT2D eigenvalue weighted by Gasteiger charge is -2.20. The second kappa shape index (κ2) is 6.28. The van der Waals surface area contributed by atoms with Crippen LogP contribution in [0.5, 0.6) is 0 Å². The van der Waals surface area contributed by atoms with E-state index < -0.39 is 0 Å². The monoisotopic (exact) mass is 259 g/mol. The Labute approximate surface area is 108 Å². The predicted molar refractivity (Wildman–Crippen MR) is 68.5 cm³/mol. The molecule has 0 saturated carbocycles. The lowest BCUT2D eigenvalue weighted by atomic mass is 10.1. The van der Waals surface area contributed by atoms with Gasteiger partial charge < -0.3 is 5.73 Å². The highest BCUT2D eigenvalue weighted by Gasteiger charge is 2.27. The molecule has 1 aromatic rings. The van der Waals surface area contributed by atoms with Crippen molar-refractivity contribution in [2.45, 2.75) is 25.9 Å². The maximum atomic E-state index is 13.0. The zero-order valence-corrected chi connectivity index (χ0v) is 10.8. The van der Waals surface area contributed by atoms with Crippen molar-refractivity contribution in [3.8, 4) is 0 Å². The Morgan fingerprint density at radius 3 is 2.88 bits per heavy atom. The molecule has 2 N–H and O–H groups in total. The molecule has 1 saturated heterocycles. The molecule has 1 fully saturated rings. The molecule has 1 aliphatic rings. The third-order valence-electron chi connectivity index (χ3n) is 3.27. The van der Waals surface area contributed by atoms with E-state index in [0.717, 1.165) is 31.6 Å². The largest absolute Gasteiger partial charge is 0.330 e. The molecule has 17 heavy (non-hydrogen) atoms. The maximum absolute atomic E-state index is 13.0. The van der Waals surface area contributed by atoms with Crippen LogP contribution in [0.3, 0.4) is 0 Å². The molecule has 2 heterocycles. The first-order valence-corrected chi connectivity index (χ1v) is 5.72. The molecule has 1 aliphatic heterocycles. The summed E-state index contributed by atoms with van der Waals surface area (Å²) in [4.78, 5) is 6.21. The van der Waals surface area contributed by atoms with Crippen LogP contribution in [0.15, 0.2) is 18.5 Å². The first-order valence-electron chi connectivity index (χ1n) is 5.72. The molecular formula is C12H19ClFN3. The Hall–Kier alpha value is -0.710. The lowest BCUT2D eigenvalue weighted by molar-refractivity contribution is 0.255. The van der Waals surface area contributed by atoms with E-state index in [1.807, 2.05) is 0 Å². The Morgan fingerprint density at radius 1 is 1.53 bits per heavy atom. The van der Waals surface area contributed by atoms with E-state index in [0.29, 0.717) is 12.0 Å². The summed E-state index contributed by atoms with van der Waals surface area (Å²) < 4.78 is 13.0. The summed E-state index contributed by atoms with van der Waals surface area (Å²) >= 11 is 0. The van der Waals surface area contributed by atoms with Crippen molar-refractivity contribution in [3.63, 3.8) is 0 Å². The maximum Gasteiger partial charge on any atom is 0.141 e. The van der Waals surface area contributed by atoms with Gasteiger partial charge >= 0.3 is 0 Å². The van der Waals surface area contributed by atoms with Gasteiger partial charge in [-0.1, -0.05) is 0 Å². The topological polar surface area (TPSA) is 42.1 Å². The van der Waals surface area contributed by atoms with Gasteiger partial charge in [-0.25, -0.2) is 4.39 Å². The number of likely N-dealkylation sites (tertiary alicyclic amines) is 1. The summed E-state index contributed by atoms with van der Waals surface area (Å²) in [6, 6.07) is 2.08. The number of pyridine rings is 1. The van der Waals surface area contributed by atoms with Gasteiger partial charge in [-0.05, 0) is 37.4 Å². The number of hydrogen-bond donors (Lipinski definition) is 1. The minimum Gasteiger partial charge on any atom is -0.330 e. The van der Waals surface area contributed by atoms with Gasteiger partial charge in [0.05, 0.1) is 6.20 Å². The van der Waals surface area contributed by atoms with Gasteiger partial charge in [0.25, 0.3) is 0 Å². The molecule has 2 atom stereocenters. The number of aromatic nitrogens is 1. The van der Waals surface area contributed by atoms with Crippen LogP contribution in [0.25, 0.3) is 0 Å². The zero-order valence-electron chi connectivity index (χ0n) is 9.97. The van der Waals surface area contributed by atoms with Crippen LogP contribution in [0.1, 0.15) is 18.9 Å². The van der Waals surface area contributed by atoms with Crippen molar-refractivity contribution >= 4 is 12.4 Å². The minimum atomic E-state index is -0.264. The molecule has 0 radical (unpaired) electrons. The fourth-order valence-electron chi connectivity index (χ4n) is 2.39. The Bertz CT molecular complexity index is 361. The van der Waals surface area contributed by atoms with Gasteiger partial charge in [0.2, 0.25) is 0 Å². The lowest BCUT2D eigenvalue weighted by Crippen LogP contribution is -2.27. The third-order valence-corrected chi connectivity index (χ3v) is 3.27. The number of rotatable bonds is 3. The van der Waals surface area contributed by atoms with Crippen molar-refractivity contribution in [1.82, 2.24) is 9.88 Å². The van der Waals surface area contributed by atoms with Crippen LogP contribution >= 0.6 is 12.4 Å². The van der Waals surface area contributed by atoms with E-state index >= 15 is 0 Å². The summed E-state index contributed by atoms with van der Waals surface area (Å²) in [6.45, 7) is 4.71. The molecule has 2 unspecified atom stereocenters. The fraction of sp³-hybridized carbons (Fsp3) is 0.583. The Kier molecular flexibility index (Phi) is 5.31. The fourth-order valence-corrected chi connectivity index (χ4v) is 2.39. The zero-order chi connectivity index (χ0) is 11.5. The number of nitrogens with zero attached hydrogens (tertiary/aromatic N) is 2. The molecule has 2 rings (SSSR count). The second-order valence-electron chi connectivity index (χ2n) is 4.63. The Balaban J connectivity index is 0.00000144. The first-order chi connectivity index (χ1) is 7.69. The van der Waals surface area contributed by atoms with Crippen molar-refractivity contribution in [1.29, 1.82) is 0 Å². The molecule has 96 valence electrons. The molecule has 0 amide bonds. The highest BCUT2D eigenvalue weighted by atomic mass is 35.5. The average molecular weight is 260 g/mol. The first kappa shape index (κ1) is 14.4. The van der Waals surface area contributed by atoms with Crippen LogP contribution in [0.2, 0.25) is 0 Å². The summed E-state index contributed by atoms with van der Waals surface area (Å²) in [5.74, 6) is 0.316. The van der Waals surface area contributed by atoms with E-state index in [1.165, 1.54) is 6.20 Å². The van der Waals surface area contributed by atoms with Crippen LogP contribution in [-0.4, -0.2) is 29.0 Å². The van der Waals surface area contributed by atoms with E-state index in [-0.39, 0.29) is 18.2 Å². The standard InChI is InChI=1S/C12H18FN3.ClH/c1-9-2-10(4-14)7-16(9)8-11-3-12(13)6-15-5-11;/h3,5-6,9-10H,2,4,7-8,14H2,1H3;1H. The molecule has 0 aliphatic carbocycles. The molecule has 3 nitrogen and oxygen atoms in total. The van der Waals surface area contributed by atoms with Gasteiger partial charge in [-0.15, -0.1) is 12.4 Å². The van der Waals surface area contributed by atoms with Crippen molar-refractivity contribution in [2.75, 3.05) is 13.1 Å². The second-order valence-corrected chi connectivity index (χ2v) is 4.63. The normalized spacial score (nSPS) is 24.6. The van der Waals surface area contributed by atoms with Crippen molar-refractivity contribution in [3.05, 3.63) is 29.8 Å². The minimum absolute atomic E-state index is 0. The van der Waals surface area contributed by atoms with Crippen LogP contribution in [0.4, 0.5) is 4.39 Å². The van der Waals surface area contributed by atoms with Crippen molar-refractivity contribution < 1.29 is 4.39 Å². The number of halogens is 2. The summed E-state index contributed by atoms with van der Waals surface area (Å²) in [6.07, 6.45) is 4.10. The van der Waals surface area contributed by atoms with Gasteiger partial charge in [0.15, 0.2) is 0 Å². The highest BCUT2D eigenvalue weighted by Crippen LogP contribution is 2.23. The molecule has 1 aromatic heterocycles. The van der Waals surface area contributed by atoms with Crippen LogP contribution in [-0.2, 0) is 6.54 Å². The van der Waals surface area contributed by atoms with Crippen molar-refractivity contribution in [2.24, 2.45) is 11.7 Å². The smallest absolute Gasteiger partial charge is 0.141 e. The SMILES string of the molecule is CC1CC(CN)CN1Cc1cncc(F)c1.Cl. The van der Waals surface area contributed by atoms with Gasteiger partial charge in [0, 0.05) is 25.3 Å². The number of nitrogens with two attached hydrogens (primary N) is 1. The Morgan fingerprint density at radius 2 is 2.29 bits per heavy atom. The number of hydrogen-bond acceptors (Lipinski definition) is 3. The predicted octanol–water partition coefficient (Wildman–Crippen LogP) is 1.81. The average Bonchev–Trinajstić information content (AvgIpc) is 2.60. The van der Waals surface area contributed by atoms with E-state index in [1.54, 1.807) is 12.3 Å². The summed E-state index contributed by atoms with van der Waals surface area (Å²) in [5.41, 5.74) is 6.61. The summed E-state index contributed by atoms with van der Waals surface area (Å²) in [7, 11) is 0. The molecule has 0 bridgehead atoms. The molecule has 5 heteroatoms. The van der Waals surface area contributed by atoms with Crippen LogP contribution in [0, 0.1) is 11.7 Å². The quantitative estimate of drug-likeness (QED) is 0.900. The van der Waals surface area contributed by atoms with Gasteiger partial charge in [-0.2, -0.15) is 0 Å². The molecule has 0 spiro atoms. The van der Waals surface area contributed by atoms with Crippen LogP contribution < -0.4 is 5.73 Å². The van der Waals surface area contributed by atoms with E-state index in [9.17, 15) is 4.39 Å². The molecular weight excluding hydrogens is 241 g/mol.